The van der Waals surface area contributed by atoms with Crippen LogP contribution in [-0.4, -0.2) is 80.0 Å². The molecule has 1 aliphatic rings. The third-order valence-corrected chi connectivity index (χ3v) is 7.93. The molecule has 0 aliphatic carbocycles. The maximum absolute atomic E-state index is 13.7. The maximum atomic E-state index is 13.7. The zero-order chi connectivity index (χ0) is 26.8. The largest absolute Gasteiger partial charge is 0.493 e. The van der Waals surface area contributed by atoms with Crippen molar-refractivity contribution >= 4 is 23.2 Å². The fourth-order valence-electron chi connectivity index (χ4n) is 4.63. The van der Waals surface area contributed by atoms with Crippen molar-refractivity contribution in [2.24, 2.45) is 5.92 Å². The highest BCUT2D eigenvalue weighted by atomic mass is 32.1. The van der Waals surface area contributed by atoms with E-state index < -0.39 is 0 Å². The number of thiophene rings is 1. The Kier molecular flexibility index (Phi) is 11.3. The van der Waals surface area contributed by atoms with Gasteiger partial charge in [-0.3, -0.25) is 9.59 Å². The van der Waals surface area contributed by atoms with E-state index >= 15 is 0 Å². The van der Waals surface area contributed by atoms with Crippen LogP contribution >= 0.6 is 11.3 Å². The number of nitrogens with zero attached hydrogens (tertiary/aromatic N) is 3. The Morgan fingerprint density at radius 1 is 1.00 bits per heavy atom. The molecule has 0 saturated carbocycles. The summed E-state index contributed by atoms with van der Waals surface area (Å²) in [7, 11) is 3.25. The predicted molar refractivity (Wildman–Crippen MR) is 149 cm³/mol. The van der Waals surface area contributed by atoms with Gasteiger partial charge in [-0.2, -0.15) is 0 Å². The first-order chi connectivity index (χ1) is 17.8. The number of hydrogen-bond donors (Lipinski definition) is 0. The number of carbonyl (C=O) groups is 2. The Hall–Kier alpha value is -2.58. The number of rotatable bonds is 14. The summed E-state index contributed by atoms with van der Waals surface area (Å²) in [6, 6.07) is 7.96. The molecule has 0 atom stereocenters. The molecule has 2 amide bonds. The lowest BCUT2D eigenvalue weighted by Crippen LogP contribution is -2.46. The van der Waals surface area contributed by atoms with Gasteiger partial charge < -0.3 is 24.2 Å². The van der Waals surface area contributed by atoms with Crippen LogP contribution in [0.1, 0.15) is 49.1 Å². The molecule has 1 aromatic heterocycles. The molecule has 8 heteroatoms. The highest BCUT2D eigenvalue weighted by Crippen LogP contribution is 2.28. The summed E-state index contributed by atoms with van der Waals surface area (Å²) in [6.07, 6.45) is 3.57. The Morgan fingerprint density at radius 2 is 1.73 bits per heavy atom. The SMILES string of the molecule is COc1ccc(CCN(Cc2sccc2C)C(=O)CN(CCN2CCCC2)C(=O)CC(C)C)cc1OC. The van der Waals surface area contributed by atoms with Crippen LogP contribution in [-0.2, 0) is 22.6 Å². The zero-order valence-electron chi connectivity index (χ0n) is 23.1. The summed E-state index contributed by atoms with van der Waals surface area (Å²) in [6.45, 7) is 11.0. The molecule has 1 aliphatic heterocycles. The van der Waals surface area contributed by atoms with E-state index in [1.807, 2.05) is 36.9 Å². The van der Waals surface area contributed by atoms with E-state index in [2.05, 4.69) is 23.3 Å². The third-order valence-electron chi connectivity index (χ3n) is 6.92. The van der Waals surface area contributed by atoms with E-state index in [4.69, 9.17) is 9.47 Å². The molecule has 3 rings (SSSR count). The van der Waals surface area contributed by atoms with Crippen molar-refractivity contribution in [2.45, 2.75) is 53.0 Å². The van der Waals surface area contributed by atoms with Crippen molar-refractivity contribution in [1.29, 1.82) is 0 Å². The van der Waals surface area contributed by atoms with Gasteiger partial charge in [0.05, 0.1) is 27.3 Å². The highest BCUT2D eigenvalue weighted by molar-refractivity contribution is 7.10. The van der Waals surface area contributed by atoms with E-state index in [1.165, 1.54) is 23.3 Å². The smallest absolute Gasteiger partial charge is 0.242 e. The molecule has 37 heavy (non-hydrogen) atoms. The van der Waals surface area contributed by atoms with Crippen LogP contribution in [0.25, 0.3) is 0 Å². The minimum absolute atomic E-state index is 0.00759. The average Bonchev–Trinajstić information content (AvgIpc) is 3.55. The second-order valence-corrected chi connectivity index (χ2v) is 11.2. The normalized spacial score (nSPS) is 13.7. The van der Waals surface area contributed by atoms with Gasteiger partial charge in [0, 0.05) is 30.9 Å². The number of carbonyl (C=O) groups excluding carboxylic acids is 2. The molecule has 1 saturated heterocycles. The van der Waals surface area contributed by atoms with Crippen molar-refractivity contribution in [3.8, 4) is 11.5 Å². The number of aryl methyl sites for hydroxylation is 1. The van der Waals surface area contributed by atoms with E-state index in [0.717, 1.165) is 25.2 Å². The number of ether oxygens (including phenoxy) is 2. The van der Waals surface area contributed by atoms with Crippen molar-refractivity contribution in [2.75, 3.05) is 53.5 Å². The lowest BCUT2D eigenvalue weighted by molar-refractivity contribution is -0.141. The van der Waals surface area contributed by atoms with Gasteiger partial charge in [-0.05, 0) is 79.9 Å². The van der Waals surface area contributed by atoms with Gasteiger partial charge in [0.1, 0.15) is 0 Å². The Bertz CT molecular complexity index is 1020. The molecule has 1 aromatic carbocycles. The molecule has 0 bridgehead atoms. The summed E-state index contributed by atoms with van der Waals surface area (Å²) >= 11 is 1.67. The van der Waals surface area contributed by atoms with Crippen molar-refractivity contribution in [1.82, 2.24) is 14.7 Å². The minimum Gasteiger partial charge on any atom is -0.493 e. The average molecular weight is 530 g/mol. The molecular formula is C29H43N3O4S. The van der Waals surface area contributed by atoms with Gasteiger partial charge in [0.2, 0.25) is 11.8 Å². The number of methoxy groups -OCH3 is 2. The fourth-order valence-corrected chi connectivity index (χ4v) is 5.55. The van der Waals surface area contributed by atoms with E-state index in [-0.39, 0.29) is 24.3 Å². The van der Waals surface area contributed by atoms with Crippen LogP contribution in [0.5, 0.6) is 11.5 Å². The fraction of sp³-hybridized carbons (Fsp3) is 0.586. The summed E-state index contributed by atoms with van der Waals surface area (Å²) in [5.74, 6) is 1.68. The molecule has 0 radical (unpaired) electrons. The summed E-state index contributed by atoms with van der Waals surface area (Å²) in [4.78, 5) is 34.1. The molecule has 0 spiro atoms. The van der Waals surface area contributed by atoms with E-state index in [0.29, 0.717) is 44.0 Å². The minimum atomic E-state index is -0.00759. The molecule has 2 aromatic rings. The standard InChI is InChI=1S/C29H43N3O4S/c1-22(2)18-28(33)32(16-15-30-12-6-7-13-30)21-29(34)31(20-27-23(3)11-17-37-27)14-10-24-8-9-25(35-4)26(19-24)36-5/h8-9,11,17,19,22H,6-7,10,12-16,18,20-21H2,1-5H3. The first-order valence-electron chi connectivity index (χ1n) is 13.3. The second-order valence-electron chi connectivity index (χ2n) is 10.2. The zero-order valence-corrected chi connectivity index (χ0v) is 23.9. The lowest BCUT2D eigenvalue weighted by Gasteiger charge is -2.29. The molecule has 1 fully saturated rings. The quantitative estimate of drug-likeness (QED) is 0.358. The Morgan fingerprint density at radius 3 is 2.35 bits per heavy atom. The number of amides is 2. The van der Waals surface area contributed by atoms with E-state index in [1.54, 1.807) is 30.5 Å². The monoisotopic (exact) mass is 529 g/mol. The predicted octanol–water partition coefficient (Wildman–Crippen LogP) is 4.62. The molecule has 2 heterocycles. The van der Waals surface area contributed by atoms with Crippen LogP contribution in [0.3, 0.4) is 0 Å². The molecule has 0 N–H and O–H groups in total. The van der Waals surface area contributed by atoms with Crippen LogP contribution < -0.4 is 9.47 Å². The van der Waals surface area contributed by atoms with Crippen LogP contribution in [0.4, 0.5) is 0 Å². The van der Waals surface area contributed by atoms with Gasteiger partial charge in [-0.1, -0.05) is 19.9 Å². The topological polar surface area (TPSA) is 62.3 Å². The third kappa shape index (κ3) is 8.75. The number of likely N-dealkylation sites (tertiary alicyclic amines) is 1. The van der Waals surface area contributed by atoms with Crippen molar-refractivity contribution in [3.63, 3.8) is 0 Å². The van der Waals surface area contributed by atoms with Gasteiger partial charge in [-0.25, -0.2) is 0 Å². The first kappa shape index (κ1) is 29.0. The van der Waals surface area contributed by atoms with Gasteiger partial charge >= 0.3 is 0 Å². The summed E-state index contributed by atoms with van der Waals surface area (Å²) in [5, 5.41) is 2.07. The lowest BCUT2D eigenvalue weighted by atomic mass is 10.1. The Labute approximate surface area is 226 Å². The summed E-state index contributed by atoms with van der Waals surface area (Å²) < 4.78 is 10.8. The number of hydrogen-bond acceptors (Lipinski definition) is 6. The van der Waals surface area contributed by atoms with Gasteiger partial charge in [0.25, 0.3) is 0 Å². The molecule has 204 valence electrons. The van der Waals surface area contributed by atoms with Gasteiger partial charge in [-0.15, -0.1) is 11.3 Å². The van der Waals surface area contributed by atoms with Crippen molar-refractivity contribution < 1.29 is 19.1 Å². The first-order valence-corrected chi connectivity index (χ1v) is 14.2. The van der Waals surface area contributed by atoms with Gasteiger partial charge in [0.15, 0.2) is 11.5 Å². The van der Waals surface area contributed by atoms with Crippen LogP contribution in [0.2, 0.25) is 0 Å². The summed E-state index contributed by atoms with van der Waals surface area (Å²) in [5.41, 5.74) is 2.26. The maximum Gasteiger partial charge on any atom is 0.242 e. The molecule has 0 unspecified atom stereocenters. The molecular weight excluding hydrogens is 486 g/mol. The second kappa shape index (κ2) is 14.4. The van der Waals surface area contributed by atoms with Crippen molar-refractivity contribution in [3.05, 3.63) is 45.6 Å². The van der Waals surface area contributed by atoms with Crippen LogP contribution in [0.15, 0.2) is 29.6 Å². The Balaban J connectivity index is 1.73. The highest BCUT2D eigenvalue weighted by Gasteiger charge is 2.24. The molecule has 7 nitrogen and oxygen atoms in total. The van der Waals surface area contributed by atoms with Crippen LogP contribution in [0, 0.1) is 12.8 Å². The van der Waals surface area contributed by atoms with E-state index in [9.17, 15) is 9.59 Å². The number of benzene rings is 1.